The Kier molecular flexibility index (Phi) is 7.18. The maximum absolute atomic E-state index is 12.9. The standard InChI is InChI=1S/C22H35N3O3/c1-5-24-10-6-7-18(14-24)13-23(3)22(26)16-25-12-17(2)28-21-11-20(27-4)9-8-19(21)15-25/h8-9,11,17-18H,5-7,10,12-16H2,1-4H3/t17-,18+/m0/s1. The predicted molar refractivity (Wildman–Crippen MR) is 111 cm³/mol. The van der Waals surface area contributed by atoms with Gasteiger partial charge in [-0.25, -0.2) is 0 Å². The van der Waals surface area contributed by atoms with Gasteiger partial charge in [-0.15, -0.1) is 0 Å². The topological polar surface area (TPSA) is 45.2 Å². The summed E-state index contributed by atoms with van der Waals surface area (Å²) >= 11 is 0. The van der Waals surface area contributed by atoms with Gasteiger partial charge in [-0.2, -0.15) is 0 Å². The van der Waals surface area contributed by atoms with E-state index in [9.17, 15) is 4.79 Å². The molecule has 0 unspecified atom stereocenters. The zero-order valence-electron chi connectivity index (χ0n) is 17.8. The molecule has 1 aromatic rings. The summed E-state index contributed by atoms with van der Waals surface area (Å²) < 4.78 is 11.4. The van der Waals surface area contributed by atoms with E-state index in [1.165, 1.54) is 19.4 Å². The summed E-state index contributed by atoms with van der Waals surface area (Å²) in [4.78, 5) is 19.5. The van der Waals surface area contributed by atoms with Gasteiger partial charge in [0.1, 0.15) is 17.6 Å². The van der Waals surface area contributed by atoms with Crippen molar-refractivity contribution in [3.63, 3.8) is 0 Å². The van der Waals surface area contributed by atoms with Crippen molar-refractivity contribution in [2.75, 3.05) is 53.4 Å². The highest BCUT2D eigenvalue weighted by molar-refractivity contribution is 5.78. The van der Waals surface area contributed by atoms with Gasteiger partial charge in [0.2, 0.25) is 5.91 Å². The minimum Gasteiger partial charge on any atom is -0.497 e. The molecule has 0 bridgehead atoms. The third-order valence-corrected chi connectivity index (χ3v) is 5.88. The van der Waals surface area contributed by atoms with Crippen LogP contribution in [0.15, 0.2) is 18.2 Å². The lowest BCUT2D eigenvalue weighted by Gasteiger charge is -2.34. The molecule has 1 saturated heterocycles. The second-order valence-corrected chi connectivity index (χ2v) is 8.25. The van der Waals surface area contributed by atoms with Crippen molar-refractivity contribution < 1.29 is 14.3 Å². The van der Waals surface area contributed by atoms with Crippen LogP contribution >= 0.6 is 0 Å². The first kappa shape index (κ1) is 20.9. The number of carbonyl (C=O) groups is 1. The van der Waals surface area contributed by atoms with E-state index in [1.807, 2.05) is 30.1 Å². The van der Waals surface area contributed by atoms with Gasteiger partial charge in [0.15, 0.2) is 0 Å². The molecule has 6 heteroatoms. The number of methoxy groups -OCH3 is 1. The van der Waals surface area contributed by atoms with Gasteiger partial charge in [0, 0.05) is 44.9 Å². The normalized spacial score (nSPS) is 23.4. The minimum atomic E-state index is 0.0305. The molecule has 2 heterocycles. The van der Waals surface area contributed by atoms with Crippen molar-refractivity contribution in [1.82, 2.24) is 14.7 Å². The highest BCUT2D eigenvalue weighted by Crippen LogP contribution is 2.29. The number of carbonyl (C=O) groups excluding carboxylic acids is 1. The maximum atomic E-state index is 12.9. The maximum Gasteiger partial charge on any atom is 0.236 e. The summed E-state index contributed by atoms with van der Waals surface area (Å²) in [6.45, 7) is 10.4. The molecule has 0 spiro atoms. The van der Waals surface area contributed by atoms with Crippen molar-refractivity contribution >= 4 is 5.91 Å². The van der Waals surface area contributed by atoms with Crippen LogP contribution in [0.1, 0.15) is 32.3 Å². The molecule has 156 valence electrons. The monoisotopic (exact) mass is 389 g/mol. The molecule has 3 rings (SSSR count). The number of amides is 1. The van der Waals surface area contributed by atoms with Gasteiger partial charge >= 0.3 is 0 Å². The quantitative estimate of drug-likeness (QED) is 0.748. The van der Waals surface area contributed by atoms with E-state index < -0.39 is 0 Å². The van der Waals surface area contributed by atoms with Crippen molar-refractivity contribution in [3.8, 4) is 11.5 Å². The smallest absolute Gasteiger partial charge is 0.236 e. The minimum absolute atomic E-state index is 0.0305. The highest BCUT2D eigenvalue weighted by atomic mass is 16.5. The van der Waals surface area contributed by atoms with Crippen LogP contribution in [0.2, 0.25) is 0 Å². The first-order chi connectivity index (χ1) is 13.5. The number of likely N-dealkylation sites (tertiary alicyclic amines) is 1. The van der Waals surface area contributed by atoms with Crippen LogP contribution in [0.3, 0.4) is 0 Å². The molecule has 0 saturated carbocycles. The Morgan fingerprint density at radius 2 is 2.14 bits per heavy atom. The van der Waals surface area contributed by atoms with E-state index in [1.54, 1.807) is 7.11 Å². The lowest BCUT2D eigenvalue weighted by atomic mass is 9.97. The van der Waals surface area contributed by atoms with E-state index in [0.717, 1.165) is 49.8 Å². The van der Waals surface area contributed by atoms with Gasteiger partial charge in [0.05, 0.1) is 13.7 Å². The first-order valence-corrected chi connectivity index (χ1v) is 10.5. The fourth-order valence-electron chi connectivity index (χ4n) is 4.33. The summed E-state index contributed by atoms with van der Waals surface area (Å²) in [5.41, 5.74) is 1.10. The Bertz CT molecular complexity index is 666. The van der Waals surface area contributed by atoms with Gasteiger partial charge in [-0.3, -0.25) is 9.69 Å². The predicted octanol–water partition coefficient (Wildman–Crippen LogP) is 2.47. The number of benzene rings is 1. The Hall–Kier alpha value is -1.79. The largest absolute Gasteiger partial charge is 0.497 e. The molecule has 6 nitrogen and oxygen atoms in total. The molecule has 2 atom stereocenters. The highest BCUT2D eigenvalue weighted by Gasteiger charge is 2.25. The third-order valence-electron chi connectivity index (χ3n) is 5.88. The van der Waals surface area contributed by atoms with E-state index in [4.69, 9.17) is 9.47 Å². The molecule has 0 aliphatic carbocycles. The van der Waals surface area contributed by atoms with Gasteiger partial charge in [0.25, 0.3) is 0 Å². The number of ether oxygens (including phenoxy) is 2. The number of fused-ring (bicyclic) bond motifs is 1. The SMILES string of the molecule is CCN1CCC[C@H](CN(C)C(=O)CN2Cc3ccc(OC)cc3O[C@@H](C)C2)C1. The molecule has 0 aromatic heterocycles. The second kappa shape index (κ2) is 9.61. The molecule has 1 fully saturated rings. The van der Waals surface area contributed by atoms with Crippen molar-refractivity contribution in [1.29, 1.82) is 0 Å². The Morgan fingerprint density at radius 3 is 2.89 bits per heavy atom. The summed E-state index contributed by atoms with van der Waals surface area (Å²) in [6.07, 6.45) is 2.49. The fourth-order valence-corrected chi connectivity index (χ4v) is 4.33. The van der Waals surface area contributed by atoms with Crippen molar-refractivity contribution in [2.24, 2.45) is 5.92 Å². The van der Waals surface area contributed by atoms with Crippen LogP contribution in [0, 0.1) is 5.92 Å². The third kappa shape index (κ3) is 5.39. The van der Waals surface area contributed by atoms with E-state index in [0.29, 0.717) is 12.5 Å². The molecular weight excluding hydrogens is 354 g/mol. The number of nitrogens with zero attached hydrogens (tertiary/aromatic N) is 3. The molecule has 2 aliphatic heterocycles. The number of rotatable bonds is 6. The molecular formula is C22H35N3O3. The number of likely N-dealkylation sites (N-methyl/N-ethyl adjacent to an activating group) is 1. The first-order valence-electron chi connectivity index (χ1n) is 10.5. The lowest BCUT2D eigenvalue weighted by Crippen LogP contribution is -2.45. The fraction of sp³-hybridized carbons (Fsp3) is 0.682. The molecule has 0 N–H and O–H groups in total. The Morgan fingerprint density at radius 1 is 1.32 bits per heavy atom. The molecule has 2 aliphatic rings. The molecule has 1 amide bonds. The zero-order valence-corrected chi connectivity index (χ0v) is 17.8. The average molecular weight is 390 g/mol. The van der Waals surface area contributed by atoms with Crippen LogP contribution < -0.4 is 9.47 Å². The summed E-state index contributed by atoms with van der Waals surface area (Å²) in [7, 11) is 3.61. The van der Waals surface area contributed by atoms with Gasteiger partial charge < -0.3 is 19.3 Å². The van der Waals surface area contributed by atoms with E-state index in [-0.39, 0.29) is 12.0 Å². The Labute approximate surface area is 169 Å². The zero-order chi connectivity index (χ0) is 20.1. The number of piperidine rings is 1. The van der Waals surface area contributed by atoms with Crippen molar-refractivity contribution in [2.45, 2.75) is 39.3 Å². The number of hydrogen-bond donors (Lipinski definition) is 0. The van der Waals surface area contributed by atoms with E-state index >= 15 is 0 Å². The Balaban J connectivity index is 1.58. The van der Waals surface area contributed by atoms with Crippen LogP contribution in [-0.2, 0) is 11.3 Å². The van der Waals surface area contributed by atoms with Crippen LogP contribution in [0.5, 0.6) is 11.5 Å². The average Bonchev–Trinajstić information content (AvgIpc) is 2.84. The number of hydrogen-bond acceptors (Lipinski definition) is 5. The summed E-state index contributed by atoms with van der Waals surface area (Å²) in [6, 6.07) is 5.92. The van der Waals surface area contributed by atoms with Crippen molar-refractivity contribution in [3.05, 3.63) is 23.8 Å². The van der Waals surface area contributed by atoms with Gasteiger partial charge in [-0.1, -0.05) is 13.0 Å². The summed E-state index contributed by atoms with van der Waals surface area (Å²) in [5.74, 6) is 2.43. The van der Waals surface area contributed by atoms with Crippen LogP contribution in [-0.4, -0.2) is 80.1 Å². The summed E-state index contributed by atoms with van der Waals surface area (Å²) in [5, 5.41) is 0. The molecule has 0 radical (unpaired) electrons. The van der Waals surface area contributed by atoms with E-state index in [2.05, 4.69) is 23.6 Å². The molecule has 28 heavy (non-hydrogen) atoms. The van der Waals surface area contributed by atoms with Crippen LogP contribution in [0.4, 0.5) is 0 Å². The lowest BCUT2D eigenvalue weighted by molar-refractivity contribution is -0.132. The second-order valence-electron chi connectivity index (χ2n) is 8.25. The van der Waals surface area contributed by atoms with Crippen LogP contribution in [0.25, 0.3) is 0 Å². The van der Waals surface area contributed by atoms with Gasteiger partial charge in [-0.05, 0) is 44.8 Å². The molecule has 1 aromatic carbocycles.